The summed E-state index contributed by atoms with van der Waals surface area (Å²) in [5, 5.41) is 2.71. The summed E-state index contributed by atoms with van der Waals surface area (Å²) in [7, 11) is 0. The lowest BCUT2D eigenvalue weighted by atomic mass is 10.3. The van der Waals surface area contributed by atoms with Crippen LogP contribution in [-0.4, -0.2) is 171 Å². The number of hydrogen-bond acceptors (Lipinski definition) is 14. The van der Waals surface area contributed by atoms with Gasteiger partial charge in [-0.25, -0.2) is 0 Å². The van der Waals surface area contributed by atoms with Gasteiger partial charge in [-0.2, -0.15) is 0 Å². The highest BCUT2D eigenvalue weighted by Gasteiger charge is 1.99. The molecule has 0 aliphatic heterocycles. The summed E-state index contributed by atoms with van der Waals surface area (Å²) in [4.78, 5) is 11.0. The molecule has 0 radical (unpaired) electrons. The zero-order valence-electron chi connectivity index (χ0n) is 30.0. The molecular weight excluding hydrogens is 658 g/mol. The first kappa shape index (κ1) is 45.8. The Kier molecular flexibility index (Phi) is 34.8. The molecule has 290 valence electrons. The van der Waals surface area contributed by atoms with Gasteiger partial charge in [0.2, 0.25) is 5.91 Å². The van der Waals surface area contributed by atoms with Crippen LogP contribution in [0.2, 0.25) is 0 Å². The van der Waals surface area contributed by atoms with E-state index in [0.717, 1.165) is 5.69 Å². The lowest BCUT2D eigenvalue weighted by Crippen LogP contribution is -2.15. The number of nitrogens with one attached hydrogen (secondary N) is 1. The van der Waals surface area contributed by atoms with Gasteiger partial charge in [0.25, 0.3) is 0 Å². The minimum Gasteiger partial charge on any atom is -0.491 e. The summed E-state index contributed by atoms with van der Waals surface area (Å²) < 4.78 is 70.9. The number of ether oxygens (including phenoxy) is 13. The Bertz CT molecular complexity index is 864. The lowest BCUT2D eigenvalue weighted by Gasteiger charge is -2.09. The van der Waals surface area contributed by atoms with E-state index in [1.807, 2.05) is 0 Å². The van der Waals surface area contributed by atoms with E-state index in [2.05, 4.69) is 11.9 Å². The van der Waals surface area contributed by atoms with Crippen molar-refractivity contribution in [1.82, 2.24) is 0 Å². The van der Waals surface area contributed by atoms with E-state index in [1.165, 1.54) is 6.92 Å². The van der Waals surface area contributed by atoms with Crippen LogP contribution in [0.15, 0.2) is 36.9 Å². The van der Waals surface area contributed by atoms with Crippen molar-refractivity contribution < 1.29 is 66.4 Å². The van der Waals surface area contributed by atoms with Crippen LogP contribution in [0, 0.1) is 0 Å². The number of benzene rings is 1. The van der Waals surface area contributed by atoms with Crippen LogP contribution in [0.3, 0.4) is 0 Å². The molecule has 1 aromatic carbocycles. The van der Waals surface area contributed by atoms with Gasteiger partial charge in [-0.1, -0.05) is 6.08 Å². The van der Waals surface area contributed by atoms with E-state index >= 15 is 0 Å². The first-order valence-electron chi connectivity index (χ1n) is 17.3. The van der Waals surface area contributed by atoms with E-state index in [1.54, 1.807) is 30.3 Å². The number of carbonyl (C=O) groups is 1. The van der Waals surface area contributed by atoms with E-state index in [4.69, 9.17) is 61.6 Å². The Morgan fingerprint density at radius 1 is 0.460 bits per heavy atom. The number of rotatable bonds is 40. The monoisotopic (exact) mass is 719 g/mol. The topological polar surface area (TPSA) is 149 Å². The van der Waals surface area contributed by atoms with Crippen LogP contribution in [0.1, 0.15) is 6.92 Å². The van der Waals surface area contributed by atoms with Crippen LogP contribution in [0.25, 0.3) is 0 Å². The van der Waals surface area contributed by atoms with E-state index in [9.17, 15) is 4.79 Å². The smallest absolute Gasteiger partial charge is 0.221 e. The lowest BCUT2D eigenvalue weighted by molar-refractivity contribution is -0.114. The highest BCUT2D eigenvalue weighted by atomic mass is 16.6. The molecular formula is C35H61NO14. The minimum absolute atomic E-state index is 0.109. The second-order valence-corrected chi connectivity index (χ2v) is 10.2. The molecule has 0 unspecified atom stereocenters. The molecule has 15 nitrogen and oxygen atoms in total. The summed E-state index contributed by atoms with van der Waals surface area (Å²) in [5.41, 5.74) is 0.730. The van der Waals surface area contributed by atoms with Gasteiger partial charge in [0, 0.05) is 12.6 Å². The zero-order valence-corrected chi connectivity index (χ0v) is 30.0. The van der Waals surface area contributed by atoms with Crippen molar-refractivity contribution in [3.63, 3.8) is 0 Å². The number of amides is 1. The molecule has 0 bridgehead atoms. The van der Waals surface area contributed by atoms with Crippen LogP contribution in [0.4, 0.5) is 5.69 Å². The standard InChI is InChI=1S/C35H61NO14/c1-3-8-38-9-10-39-11-12-40-13-14-41-15-16-42-17-18-43-19-20-44-21-22-45-23-24-46-25-26-47-27-28-48-29-30-49-31-32-50-35-6-4-34(5-7-35)36-33(2)37/h3-7H,1,8-32H2,2H3,(H,36,37). The second-order valence-electron chi connectivity index (χ2n) is 10.2. The fourth-order valence-electron chi connectivity index (χ4n) is 3.64. The molecule has 1 N–H and O–H groups in total. The van der Waals surface area contributed by atoms with Crippen molar-refractivity contribution >= 4 is 11.6 Å². The van der Waals surface area contributed by atoms with E-state index < -0.39 is 0 Å². The van der Waals surface area contributed by atoms with E-state index in [0.29, 0.717) is 171 Å². The number of anilines is 1. The summed E-state index contributed by atoms with van der Waals surface area (Å²) in [6.07, 6.45) is 1.71. The number of carbonyl (C=O) groups excluding carboxylic acids is 1. The Morgan fingerprint density at radius 3 is 0.980 bits per heavy atom. The summed E-state index contributed by atoms with van der Waals surface area (Å²) in [6, 6.07) is 7.17. The minimum atomic E-state index is -0.109. The molecule has 0 aliphatic rings. The van der Waals surface area contributed by atoms with Gasteiger partial charge in [-0.3, -0.25) is 4.79 Å². The molecule has 15 heteroatoms. The molecule has 0 saturated carbocycles. The van der Waals surface area contributed by atoms with Crippen molar-refractivity contribution in [3.8, 4) is 5.75 Å². The molecule has 0 fully saturated rings. The maximum atomic E-state index is 11.0. The predicted octanol–water partition coefficient (Wildman–Crippen LogP) is 2.41. The van der Waals surface area contributed by atoms with Crippen molar-refractivity contribution in [2.45, 2.75) is 6.92 Å². The molecule has 0 aromatic heterocycles. The second kappa shape index (κ2) is 38.0. The highest BCUT2D eigenvalue weighted by Crippen LogP contribution is 2.15. The third kappa shape index (κ3) is 34.2. The zero-order chi connectivity index (χ0) is 35.8. The van der Waals surface area contributed by atoms with Gasteiger partial charge >= 0.3 is 0 Å². The van der Waals surface area contributed by atoms with Gasteiger partial charge in [-0.05, 0) is 24.3 Å². The van der Waals surface area contributed by atoms with Crippen molar-refractivity contribution in [2.75, 3.05) is 170 Å². The summed E-state index contributed by atoms with van der Waals surface area (Å²) >= 11 is 0. The van der Waals surface area contributed by atoms with Crippen molar-refractivity contribution in [3.05, 3.63) is 36.9 Å². The first-order chi connectivity index (χ1) is 24.7. The SMILES string of the molecule is C=CCOCCOCCOCCOCCOCCOCCOCCOCCOCCOCCOCCOCCOc1ccc(NC(C)=O)cc1. The molecule has 0 spiro atoms. The van der Waals surface area contributed by atoms with Crippen molar-refractivity contribution in [2.24, 2.45) is 0 Å². The third-order valence-electron chi connectivity index (χ3n) is 6.00. The van der Waals surface area contributed by atoms with Gasteiger partial charge < -0.3 is 66.9 Å². The van der Waals surface area contributed by atoms with Crippen LogP contribution < -0.4 is 10.1 Å². The molecule has 1 aromatic rings. The Labute approximate surface area is 298 Å². The largest absolute Gasteiger partial charge is 0.491 e. The normalized spacial score (nSPS) is 11.2. The quantitative estimate of drug-likeness (QED) is 0.0782. The number of hydrogen-bond donors (Lipinski definition) is 1. The fourth-order valence-corrected chi connectivity index (χ4v) is 3.64. The maximum Gasteiger partial charge on any atom is 0.221 e. The van der Waals surface area contributed by atoms with Crippen LogP contribution in [0.5, 0.6) is 5.75 Å². The molecule has 0 aliphatic carbocycles. The Balaban J connectivity index is 1.65. The highest BCUT2D eigenvalue weighted by molar-refractivity contribution is 5.88. The van der Waals surface area contributed by atoms with Gasteiger partial charge in [0.05, 0.1) is 159 Å². The molecule has 0 saturated heterocycles. The van der Waals surface area contributed by atoms with Gasteiger partial charge in [0.15, 0.2) is 0 Å². The Hall–Kier alpha value is -2.25. The maximum absolute atomic E-state index is 11.0. The van der Waals surface area contributed by atoms with Crippen molar-refractivity contribution in [1.29, 1.82) is 0 Å². The molecule has 50 heavy (non-hydrogen) atoms. The third-order valence-corrected chi connectivity index (χ3v) is 6.00. The van der Waals surface area contributed by atoms with Crippen LogP contribution in [-0.2, 0) is 61.6 Å². The average Bonchev–Trinajstić information content (AvgIpc) is 3.11. The molecule has 1 amide bonds. The molecule has 0 atom stereocenters. The summed E-state index contributed by atoms with van der Waals surface area (Å²) in [5.74, 6) is 0.606. The molecule has 0 heterocycles. The van der Waals surface area contributed by atoms with Gasteiger partial charge in [0.1, 0.15) is 12.4 Å². The first-order valence-corrected chi connectivity index (χ1v) is 17.3. The molecule has 1 rings (SSSR count). The summed E-state index contributed by atoms with van der Waals surface area (Å²) in [6.45, 7) is 17.6. The Morgan fingerprint density at radius 2 is 0.720 bits per heavy atom. The van der Waals surface area contributed by atoms with E-state index in [-0.39, 0.29) is 5.91 Å². The predicted molar refractivity (Wildman–Crippen MR) is 186 cm³/mol. The van der Waals surface area contributed by atoms with Crippen LogP contribution >= 0.6 is 0 Å². The average molecular weight is 720 g/mol. The van der Waals surface area contributed by atoms with Gasteiger partial charge in [-0.15, -0.1) is 6.58 Å². The fraction of sp³-hybridized carbons (Fsp3) is 0.743.